The van der Waals surface area contributed by atoms with Gasteiger partial charge in [0.1, 0.15) is 12.7 Å². The molecule has 0 saturated carbocycles. The number of carbonyl (C=O) groups is 2. The summed E-state index contributed by atoms with van der Waals surface area (Å²) in [7, 11) is 0. The van der Waals surface area contributed by atoms with Crippen molar-refractivity contribution >= 4 is 22.5 Å². The second-order valence-corrected chi connectivity index (χ2v) is 7.33. The van der Waals surface area contributed by atoms with Gasteiger partial charge in [-0.25, -0.2) is 4.98 Å². The standard InChI is InChI=1S/C22H24N4O2/c27-21(11-5-13-26-16-23-15-24-26)25-12-4-8-18(14-25)22(28)20-10-3-7-17-6-1-2-9-19(17)20/h1-3,6-7,9-10,15-16,18H,4-5,8,11-14H2. The number of piperidine rings is 1. The van der Waals surface area contributed by atoms with Gasteiger partial charge in [-0.3, -0.25) is 14.3 Å². The van der Waals surface area contributed by atoms with E-state index in [0.717, 1.165) is 42.1 Å². The number of fused-ring (bicyclic) bond motifs is 1. The lowest BCUT2D eigenvalue weighted by Crippen LogP contribution is -2.42. The van der Waals surface area contributed by atoms with Gasteiger partial charge in [0, 0.05) is 37.5 Å². The summed E-state index contributed by atoms with van der Waals surface area (Å²) in [6, 6.07) is 13.8. The number of Topliss-reactive ketones (excluding diaryl/α,β-unsaturated/α-hetero) is 1. The summed E-state index contributed by atoms with van der Waals surface area (Å²) in [6.45, 7) is 1.93. The Morgan fingerprint density at radius 2 is 1.96 bits per heavy atom. The second kappa shape index (κ2) is 8.33. The number of nitrogens with zero attached hydrogens (tertiary/aromatic N) is 4. The van der Waals surface area contributed by atoms with Crippen LogP contribution in [0.1, 0.15) is 36.0 Å². The number of aryl methyl sites for hydroxylation is 1. The molecule has 6 heteroatoms. The Morgan fingerprint density at radius 1 is 1.11 bits per heavy atom. The highest BCUT2D eigenvalue weighted by Crippen LogP contribution is 2.26. The molecule has 6 nitrogen and oxygen atoms in total. The van der Waals surface area contributed by atoms with Crippen LogP contribution in [0.3, 0.4) is 0 Å². The Labute approximate surface area is 164 Å². The molecule has 1 fully saturated rings. The number of hydrogen-bond acceptors (Lipinski definition) is 4. The lowest BCUT2D eigenvalue weighted by atomic mass is 9.88. The van der Waals surface area contributed by atoms with Gasteiger partial charge >= 0.3 is 0 Å². The number of aromatic nitrogens is 3. The van der Waals surface area contributed by atoms with Gasteiger partial charge in [0.2, 0.25) is 5.91 Å². The summed E-state index contributed by atoms with van der Waals surface area (Å²) in [5.41, 5.74) is 0.767. The molecule has 0 radical (unpaired) electrons. The van der Waals surface area contributed by atoms with Gasteiger partial charge in [-0.05, 0) is 30.0 Å². The molecule has 0 aliphatic carbocycles. The van der Waals surface area contributed by atoms with E-state index >= 15 is 0 Å². The molecule has 1 atom stereocenters. The fourth-order valence-corrected chi connectivity index (χ4v) is 3.98. The first-order valence-electron chi connectivity index (χ1n) is 9.84. The Balaban J connectivity index is 1.40. The number of rotatable bonds is 6. The molecule has 0 N–H and O–H groups in total. The van der Waals surface area contributed by atoms with E-state index in [1.807, 2.05) is 47.4 Å². The van der Waals surface area contributed by atoms with Gasteiger partial charge in [-0.2, -0.15) is 5.10 Å². The number of amides is 1. The summed E-state index contributed by atoms with van der Waals surface area (Å²) in [5, 5.41) is 6.12. The van der Waals surface area contributed by atoms with Crippen LogP contribution in [0.5, 0.6) is 0 Å². The molecule has 1 aliphatic rings. The van der Waals surface area contributed by atoms with Crippen LogP contribution in [0.4, 0.5) is 0 Å². The van der Waals surface area contributed by atoms with E-state index in [-0.39, 0.29) is 17.6 Å². The molecule has 0 bridgehead atoms. The zero-order chi connectivity index (χ0) is 19.3. The fraction of sp³-hybridized carbons (Fsp3) is 0.364. The molecule has 1 aromatic heterocycles. The largest absolute Gasteiger partial charge is 0.342 e. The van der Waals surface area contributed by atoms with E-state index in [1.165, 1.54) is 6.33 Å². The van der Waals surface area contributed by atoms with Crippen molar-refractivity contribution in [1.82, 2.24) is 19.7 Å². The van der Waals surface area contributed by atoms with Gasteiger partial charge in [0.25, 0.3) is 0 Å². The first kappa shape index (κ1) is 18.3. The Hall–Kier alpha value is -3.02. The van der Waals surface area contributed by atoms with E-state index < -0.39 is 0 Å². The maximum atomic E-state index is 13.2. The van der Waals surface area contributed by atoms with Gasteiger partial charge < -0.3 is 4.90 Å². The van der Waals surface area contributed by atoms with Crippen LogP contribution < -0.4 is 0 Å². The third-order valence-corrected chi connectivity index (χ3v) is 5.44. The van der Waals surface area contributed by atoms with E-state index in [9.17, 15) is 9.59 Å². The van der Waals surface area contributed by atoms with Crippen molar-refractivity contribution in [3.63, 3.8) is 0 Å². The smallest absolute Gasteiger partial charge is 0.222 e. The summed E-state index contributed by atoms with van der Waals surface area (Å²) >= 11 is 0. The van der Waals surface area contributed by atoms with Crippen molar-refractivity contribution in [2.45, 2.75) is 32.2 Å². The number of carbonyl (C=O) groups excluding carboxylic acids is 2. The number of hydrogen-bond donors (Lipinski definition) is 0. The zero-order valence-electron chi connectivity index (χ0n) is 15.8. The topological polar surface area (TPSA) is 68.1 Å². The molecule has 1 amide bonds. The molecule has 1 saturated heterocycles. The summed E-state index contributed by atoms with van der Waals surface area (Å²) < 4.78 is 1.73. The van der Waals surface area contributed by atoms with Crippen LogP contribution in [-0.4, -0.2) is 44.4 Å². The lowest BCUT2D eigenvalue weighted by Gasteiger charge is -2.32. The SMILES string of the molecule is O=C(c1cccc2ccccc12)C1CCCN(C(=O)CCCn2cncn2)C1. The molecule has 3 aromatic rings. The molecule has 28 heavy (non-hydrogen) atoms. The number of likely N-dealkylation sites (tertiary alicyclic amines) is 1. The van der Waals surface area contributed by atoms with E-state index in [4.69, 9.17) is 0 Å². The monoisotopic (exact) mass is 376 g/mol. The molecule has 144 valence electrons. The summed E-state index contributed by atoms with van der Waals surface area (Å²) in [4.78, 5) is 31.6. The predicted octanol–water partition coefficient (Wildman–Crippen LogP) is 3.33. The van der Waals surface area contributed by atoms with Gasteiger partial charge in [-0.15, -0.1) is 0 Å². The molecule has 0 spiro atoms. The van der Waals surface area contributed by atoms with Gasteiger partial charge in [0.15, 0.2) is 5.78 Å². The van der Waals surface area contributed by atoms with Gasteiger partial charge in [0.05, 0.1) is 0 Å². The minimum absolute atomic E-state index is 0.121. The fourth-order valence-electron chi connectivity index (χ4n) is 3.98. The van der Waals surface area contributed by atoms with Crippen LogP contribution in [0, 0.1) is 5.92 Å². The van der Waals surface area contributed by atoms with Gasteiger partial charge in [-0.1, -0.05) is 42.5 Å². The van der Waals surface area contributed by atoms with Crippen LogP contribution in [0.25, 0.3) is 10.8 Å². The molecule has 1 aliphatic heterocycles. The zero-order valence-corrected chi connectivity index (χ0v) is 15.8. The highest BCUT2D eigenvalue weighted by molar-refractivity contribution is 6.09. The van der Waals surface area contributed by atoms with Crippen molar-refractivity contribution in [2.75, 3.05) is 13.1 Å². The van der Waals surface area contributed by atoms with Crippen LogP contribution in [-0.2, 0) is 11.3 Å². The first-order chi connectivity index (χ1) is 13.7. The maximum Gasteiger partial charge on any atom is 0.222 e. The molecule has 2 aromatic carbocycles. The van der Waals surface area contributed by atoms with Crippen LogP contribution in [0.2, 0.25) is 0 Å². The minimum Gasteiger partial charge on any atom is -0.342 e. The molecule has 1 unspecified atom stereocenters. The third-order valence-electron chi connectivity index (χ3n) is 5.44. The van der Waals surface area contributed by atoms with Crippen molar-refractivity contribution in [3.8, 4) is 0 Å². The second-order valence-electron chi connectivity index (χ2n) is 7.33. The Morgan fingerprint density at radius 3 is 2.82 bits per heavy atom. The highest BCUT2D eigenvalue weighted by atomic mass is 16.2. The number of ketones is 1. The highest BCUT2D eigenvalue weighted by Gasteiger charge is 2.29. The predicted molar refractivity (Wildman–Crippen MR) is 107 cm³/mol. The molecule has 2 heterocycles. The third kappa shape index (κ3) is 3.96. The molecular formula is C22H24N4O2. The quantitative estimate of drug-likeness (QED) is 0.619. The first-order valence-corrected chi connectivity index (χ1v) is 9.84. The maximum absolute atomic E-state index is 13.2. The Bertz CT molecular complexity index is 962. The van der Waals surface area contributed by atoms with Crippen molar-refractivity contribution in [2.24, 2.45) is 5.92 Å². The lowest BCUT2D eigenvalue weighted by molar-refractivity contribution is -0.132. The summed E-state index contributed by atoms with van der Waals surface area (Å²) in [6.07, 6.45) is 6.05. The van der Waals surface area contributed by atoms with Crippen molar-refractivity contribution in [1.29, 1.82) is 0 Å². The molecule has 4 rings (SSSR count). The van der Waals surface area contributed by atoms with Crippen LogP contribution >= 0.6 is 0 Å². The van der Waals surface area contributed by atoms with E-state index in [2.05, 4.69) is 10.1 Å². The average Bonchev–Trinajstić information content (AvgIpc) is 3.26. The summed E-state index contributed by atoms with van der Waals surface area (Å²) in [5.74, 6) is 0.145. The molecular weight excluding hydrogens is 352 g/mol. The average molecular weight is 376 g/mol. The van der Waals surface area contributed by atoms with E-state index in [0.29, 0.717) is 19.5 Å². The van der Waals surface area contributed by atoms with Crippen LogP contribution in [0.15, 0.2) is 55.1 Å². The minimum atomic E-state index is -0.126. The van der Waals surface area contributed by atoms with Crippen molar-refractivity contribution < 1.29 is 9.59 Å². The van der Waals surface area contributed by atoms with Crippen molar-refractivity contribution in [3.05, 3.63) is 60.7 Å². The number of benzene rings is 2. The Kier molecular flexibility index (Phi) is 5.46. The normalized spacial score (nSPS) is 17.0. The van der Waals surface area contributed by atoms with E-state index in [1.54, 1.807) is 11.0 Å².